The van der Waals surface area contributed by atoms with E-state index in [1.54, 1.807) is 12.3 Å². The lowest BCUT2D eigenvalue weighted by molar-refractivity contribution is -0.142. The first-order valence-corrected chi connectivity index (χ1v) is 4.22. The molecule has 0 atom stereocenters. The van der Waals surface area contributed by atoms with Crippen LogP contribution in [0.2, 0.25) is 5.02 Å². The summed E-state index contributed by atoms with van der Waals surface area (Å²) in [5, 5.41) is 0.529. The average Bonchev–Trinajstić information content (AvgIpc) is 2.02. The predicted molar refractivity (Wildman–Crippen MR) is 49.5 cm³/mol. The number of nitrogens with zero attached hydrogens (tertiary/aromatic N) is 1. The summed E-state index contributed by atoms with van der Waals surface area (Å²) in [6.07, 6.45) is 1.69. The lowest BCUT2D eigenvalue weighted by atomic mass is 10.3. The van der Waals surface area contributed by atoms with Crippen LogP contribution in [0.5, 0.6) is 0 Å². The molecule has 70 valence electrons. The SMILES string of the molecule is CC(=O)OCc1ncc(C)cc1Cl. The Bertz CT molecular complexity index is 325. The minimum absolute atomic E-state index is 0.133. The van der Waals surface area contributed by atoms with Crippen LogP contribution in [0.4, 0.5) is 0 Å². The Labute approximate surface area is 81.7 Å². The fourth-order valence-corrected chi connectivity index (χ4v) is 1.11. The molecule has 0 N–H and O–H groups in total. The van der Waals surface area contributed by atoms with E-state index in [0.29, 0.717) is 10.7 Å². The highest BCUT2D eigenvalue weighted by molar-refractivity contribution is 6.31. The van der Waals surface area contributed by atoms with Crippen molar-refractivity contribution in [2.24, 2.45) is 0 Å². The van der Waals surface area contributed by atoms with Crippen molar-refractivity contribution < 1.29 is 9.53 Å². The first kappa shape index (κ1) is 9.99. The van der Waals surface area contributed by atoms with Crippen LogP contribution in [0.3, 0.4) is 0 Å². The Hall–Kier alpha value is -1.09. The fraction of sp³-hybridized carbons (Fsp3) is 0.333. The number of carbonyl (C=O) groups excluding carboxylic acids is 1. The van der Waals surface area contributed by atoms with Gasteiger partial charge in [-0.3, -0.25) is 9.78 Å². The summed E-state index contributed by atoms with van der Waals surface area (Å²) in [4.78, 5) is 14.5. The molecule has 1 aromatic heterocycles. The van der Waals surface area contributed by atoms with E-state index in [9.17, 15) is 4.79 Å². The van der Waals surface area contributed by atoms with E-state index in [1.165, 1.54) is 6.92 Å². The van der Waals surface area contributed by atoms with Gasteiger partial charge in [0.1, 0.15) is 6.61 Å². The molecule has 0 unspecified atom stereocenters. The van der Waals surface area contributed by atoms with E-state index < -0.39 is 0 Å². The summed E-state index contributed by atoms with van der Waals surface area (Å²) in [6, 6.07) is 1.79. The molecule has 0 amide bonds. The van der Waals surface area contributed by atoms with Crippen LogP contribution in [0.1, 0.15) is 18.2 Å². The number of hydrogen-bond acceptors (Lipinski definition) is 3. The molecule has 0 fully saturated rings. The average molecular weight is 200 g/mol. The summed E-state index contributed by atoms with van der Waals surface area (Å²) in [5.74, 6) is -0.335. The molecule has 3 nitrogen and oxygen atoms in total. The van der Waals surface area contributed by atoms with Crippen LogP contribution in [0.15, 0.2) is 12.3 Å². The first-order chi connectivity index (χ1) is 6.09. The van der Waals surface area contributed by atoms with E-state index in [2.05, 4.69) is 4.98 Å². The Balaban J connectivity index is 2.72. The van der Waals surface area contributed by atoms with Gasteiger partial charge in [-0.25, -0.2) is 0 Å². The fourth-order valence-electron chi connectivity index (χ4n) is 0.838. The molecule has 4 heteroatoms. The lowest BCUT2D eigenvalue weighted by Crippen LogP contribution is -2.01. The second-order valence-electron chi connectivity index (χ2n) is 2.72. The maximum absolute atomic E-state index is 10.5. The molecule has 13 heavy (non-hydrogen) atoms. The number of aromatic nitrogens is 1. The number of ether oxygens (including phenoxy) is 1. The summed E-state index contributed by atoms with van der Waals surface area (Å²) >= 11 is 5.86. The molecule has 0 saturated heterocycles. The van der Waals surface area contributed by atoms with Crippen molar-refractivity contribution in [2.75, 3.05) is 0 Å². The van der Waals surface area contributed by atoms with E-state index in [-0.39, 0.29) is 12.6 Å². The van der Waals surface area contributed by atoms with Gasteiger partial charge in [-0.15, -0.1) is 0 Å². The van der Waals surface area contributed by atoms with Gasteiger partial charge in [0.05, 0.1) is 10.7 Å². The minimum Gasteiger partial charge on any atom is -0.459 e. The van der Waals surface area contributed by atoms with Crippen LogP contribution in [-0.2, 0) is 16.1 Å². The number of hydrogen-bond donors (Lipinski definition) is 0. The monoisotopic (exact) mass is 199 g/mol. The third kappa shape index (κ3) is 3.03. The summed E-state index contributed by atoms with van der Waals surface area (Å²) in [7, 11) is 0. The van der Waals surface area contributed by atoms with Gasteiger partial charge in [-0.05, 0) is 18.6 Å². The third-order valence-electron chi connectivity index (χ3n) is 1.47. The molecule has 0 aromatic carbocycles. The molecule has 1 aromatic rings. The van der Waals surface area contributed by atoms with Crippen LogP contribution in [-0.4, -0.2) is 11.0 Å². The predicted octanol–water partition coefficient (Wildman–Crippen LogP) is 2.11. The van der Waals surface area contributed by atoms with Crippen molar-refractivity contribution in [3.05, 3.63) is 28.5 Å². The summed E-state index contributed by atoms with van der Waals surface area (Å²) < 4.78 is 4.76. The van der Waals surface area contributed by atoms with Crippen LogP contribution in [0, 0.1) is 6.92 Å². The summed E-state index contributed by atoms with van der Waals surface area (Å²) in [6.45, 7) is 3.38. The van der Waals surface area contributed by atoms with Gasteiger partial charge in [0, 0.05) is 13.1 Å². The molecule has 0 aliphatic carbocycles. The van der Waals surface area contributed by atoms with Crippen molar-refractivity contribution in [1.82, 2.24) is 4.98 Å². The molecule has 0 saturated carbocycles. The zero-order chi connectivity index (χ0) is 9.84. The molecule has 0 aliphatic heterocycles. The van der Waals surface area contributed by atoms with Gasteiger partial charge in [0.25, 0.3) is 0 Å². The van der Waals surface area contributed by atoms with Crippen molar-refractivity contribution in [3.63, 3.8) is 0 Å². The zero-order valence-electron chi connectivity index (χ0n) is 7.50. The van der Waals surface area contributed by atoms with Gasteiger partial charge in [-0.2, -0.15) is 0 Å². The normalized spacial score (nSPS) is 9.77. The van der Waals surface area contributed by atoms with E-state index in [4.69, 9.17) is 16.3 Å². The third-order valence-corrected chi connectivity index (χ3v) is 1.79. The molecular formula is C9H10ClNO2. The quantitative estimate of drug-likeness (QED) is 0.685. The first-order valence-electron chi connectivity index (χ1n) is 3.84. The lowest BCUT2D eigenvalue weighted by Gasteiger charge is -2.03. The highest BCUT2D eigenvalue weighted by atomic mass is 35.5. The largest absolute Gasteiger partial charge is 0.459 e. The standard InChI is InChI=1S/C9H10ClNO2/c1-6-3-8(10)9(11-4-6)5-13-7(2)12/h3-4H,5H2,1-2H3. The van der Waals surface area contributed by atoms with Gasteiger partial charge in [-0.1, -0.05) is 11.6 Å². The smallest absolute Gasteiger partial charge is 0.303 e. The maximum atomic E-state index is 10.5. The number of pyridine rings is 1. The van der Waals surface area contributed by atoms with Crippen LogP contribution >= 0.6 is 11.6 Å². The molecule has 0 radical (unpaired) electrons. The topological polar surface area (TPSA) is 39.2 Å². The van der Waals surface area contributed by atoms with Gasteiger partial charge >= 0.3 is 5.97 Å². The molecule has 0 aliphatic rings. The Morgan fingerprint density at radius 3 is 2.92 bits per heavy atom. The van der Waals surface area contributed by atoms with E-state index in [1.807, 2.05) is 6.92 Å². The number of halogens is 1. The van der Waals surface area contributed by atoms with Crippen molar-refractivity contribution in [1.29, 1.82) is 0 Å². The molecular weight excluding hydrogens is 190 g/mol. The second kappa shape index (κ2) is 4.23. The second-order valence-corrected chi connectivity index (χ2v) is 3.13. The number of aryl methyl sites for hydroxylation is 1. The molecule has 0 spiro atoms. The van der Waals surface area contributed by atoms with E-state index >= 15 is 0 Å². The van der Waals surface area contributed by atoms with Crippen LogP contribution in [0.25, 0.3) is 0 Å². The van der Waals surface area contributed by atoms with Gasteiger partial charge in [0.15, 0.2) is 0 Å². The van der Waals surface area contributed by atoms with Crippen molar-refractivity contribution >= 4 is 17.6 Å². The Morgan fingerprint density at radius 2 is 2.38 bits per heavy atom. The zero-order valence-corrected chi connectivity index (χ0v) is 8.26. The van der Waals surface area contributed by atoms with E-state index in [0.717, 1.165) is 5.56 Å². The van der Waals surface area contributed by atoms with Crippen molar-refractivity contribution in [2.45, 2.75) is 20.5 Å². The summed E-state index contributed by atoms with van der Waals surface area (Å²) in [5.41, 5.74) is 1.57. The van der Waals surface area contributed by atoms with Gasteiger partial charge < -0.3 is 4.74 Å². The molecule has 1 heterocycles. The van der Waals surface area contributed by atoms with Crippen molar-refractivity contribution in [3.8, 4) is 0 Å². The molecule has 0 bridgehead atoms. The van der Waals surface area contributed by atoms with Crippen LogP contribution < -0.4 is 0 Å². The maximum Gasteiger partial charge on any atom is 0.303 e. The highest BCUT2D eigenvalue weighted by Gasteiger charge is 2.03. The van der Waals surface area contributed by atoms with Gasteiger partial charge in [0.2, 0.25) is 0 Å². The number of esters is 1. The highest BCUT2D eigenvalue weighted by Crippen LogP contribution is 2.15. The minimum atomic E-state index is -0.335. The molecule has 1 rings (SSSR count). The Kier molecular flexibility index (Phi) is 3.25. The Morgan fingerprint density at radius 1 is 1.69 bits per heavy atom. The number of carbonyl (C=O) groups is 1. The number of rotatable bonds is 2.